The summed E-state index contributed by atoms with van der Waals surface area (Å²) in [6, 6.07) is 84.7. The van der Waals surface area contributed by atoms with Crippen molar-refractivity contribution in [2.24, 2.45) is 0 Å². The van der Waals surface area contributed by atoms with Crippen LogP contribution in [-0.2, 0) is 0 Å². The van der Waals surface area contributed by atoms with Crippen molar-refractivity contribution in [3.63, 3.8) is 0 Å². The van der Waals surface area contributed by atoms with Crippen molar-refractivity contribution in [1.29, 1.82) is 0 Å². The Balaban J connectivity index is 0.943. The number of benzene rings is 11. The molecule has 0 saturated heterocycles. The summed E-state index contributed by atoms with van der Waals surface area (Å²) in [6.45, 7) is 0. The molecule has 0 saturated carbocycles. The van der Waals surface area contributed by atoms with Crippen molar-refractivity contribution in [1.82, 2.24) is 4.57 Å². The van der Waals surface area contributed by atoms with Crippen LogP contribution in [0.2, 0.25) is 0 Å². The maximum atomic E-state index is 2.45. The molecule has 11 aromatic carbocycles. The highest BCUT2D eigenvalue weighted by molar-refractivity contribution is 7.26. The van der Waals surface area contributed by atoms with Gasteiger partial charge in [0.15, 0.2) is 0 Å². The molecule has 13 aromatic rings. The summed E-state index contributed by atoms with van der Waals surface area (Å²) in [7, 11) is 0. The fraction of sp³-hybridized carbons (Fsp3) is 0. The lowest BCUT2D eigenvalue weighted by Gasteiger charge is -2.26. The van der Waals surface area contributed by atoms with Crippen molar-refractivity contribution in [2.45, 2.75) is 0 Å². The fourth-order valence-corrected chi connectivity index (χ4v) is 11.2. The zero-order valence-electron chi connectivity index (χ0n) is 34.2. The quantitative estimate of drug-likeness (QED) is 0.152. The molecule has 0 amide bonds. The minimum absolute atomic E-state index is 1.10. The van der Waals surface area contributed by atoms with Crippen molar-refractivity contribution in [2.75, 3.05) is 4.90 Å². The number of hydrogen-bond acceptors (Lipinski definition) is 2. The SMILES string of the molecule is c1ccc(-n2c3cc(-c4ccc(N(c5ccc(-c6cccc7c6sc6ccccc67)cc5)c5ccc6ccc7ccccc7c6c5)cc4)ccc3c3ccc4ccccc4c32)cc1. The second-order valence-electron chi connectivity index (χ2n) is 16.5. The Kier molecular flexibility index (Phi) is 8.12. The van der Waals surface area contributed by atoms with Crippen LogP contribution in [0.5, 0.6) is 0 Å². The second kappa shape index (κ2) is 14.3. The summed E-state index contributed by atoms with van der Waals surface area (Å²) in [6.07, 6.45) is 0. The molecule has 0 spiro atoms. The normalized spacial score (nSPS) is 11.8. The molecule has 0 N–H and O–H groups in total. The maximum absolute atomic E-state index is 2.45. The van der Waals surface area contributed by atoms with Crippen LogP contribution >= 0.6 is 11.3 Å². The lowest BCUT2D eigenvalue weighted by molar-refractivity contribution is 1.19. The van der Waals surface area contributed by atoms with Crippen molar-refractivity contribution >= 4 is 103 Å². The Morgan fingerprint density at radius 1 is 0.333 bits per heavy atom. The van der Waals surface area contributed by atoms with Gasteiger partial charge < -0.3 is 9.47 Å². The molecule has 0 fully saturated rings. The number of anilines is 3. The largest absolute Gasteiger partial charge is 0.310 e. The Bertz CT molecular complexity index is 3900. The second-order valence-corrected chi connectivity index (χ2v) is 17.5. The average molecular weight is 819 g/mol. The van der Waals surface area contributed by atoms with Crippen LogP contribution in [0.1, 0.15) is 0 Å². The molecule has 2 heterocycles. The van der Waals surface area contributed by atoms with E-state index < -0.39 is 0 Å². The van der Waals surface area contributed by atoms with E-state index in [-0.39, 0.29) is 0 Å². The van der Waals surface area contributed by atoms with Gasteiger partial charge in [-0.1, -0.05) is 170 Å². The van der Waals surface area contributed by atoms with E-state index in [0.29, 0.717) is 0 Å². The first kappa shape index (κ1) is 35.7. The van der Waals surface area contributed by atoms with E-state index in [1.807, 2.05) is 11.3 Å². The molecule has 3 heteroatoms. The summed E-state index contributed by atoms with van der Waals surface area (Å²) in [5, 5.41) is 12.6. The molecule has 0 atom stereocenters. The molecule has 2 nitrogen and oxygen atoms in total. The fourth-order valence-electron chi connectivity index (χ4n) is 9.95. The molecule has 13 rings (SSSR count). The Morgan fingerprint density at radius 2 is 0.905 bits per heavy atom. The summed E-state index contributed by atoms with van der Waals surface area (Å²) >= 11 is 1.88. The van der Waals surface area contributed by atoms with Crippen LogP contribution in [0.15, 0.2) is 231 Å². The molecule has 63 heavy (non-hydrogen) atoms. The van der Waals surface area contributed by atoms with E-state index in [9.17, 15) is 0 Å². The van der Waals surface area contributed by atoms with Crippen LogP contribution in [0.25, 0.3) is 102 Å². The Hall–Kier alpha value is -7.98. The van der Waals surface area contributed by atoms with Crippen molar-refractivity contribution < 1.29 is 0 Å². The first-order chi connectivity index (χ1) is 31.2. The third kappa shape index (κ3) is 5.78. The van der Waals surface area contributed by atoms with Gasteiger partial charge >= 0.3 is 0 Å². The first-order valence-corrected chi connectivity index (χ1v) is 22.4. The molecule has 0 aliphatic rings. The van der Waals surface area contributed by atoms with Gasteiger partial charge in [-0.3, -0.25) is 0 Å². The number of aromatic nitrogens is 1. The van der Waals surface area contributed by atoms with Crippen LogP contribution in [0.4, 0.5) is 17.1 Å². The van der Waals surface area contributed by atoms with E-state index in [1.165, 1.54) is 96.5 Å². The Morgan fingerprint density at radius 3 is 1.70 bits per heavy atom. The molecule has 2 aromatic heterocycles. The maximum Gasteiger partial charge on any atom is 0.0619 e. The lowest BCUT2D eigenvalue weighted by atomic mass is 10.00. The predicted octanol–water partition coefficient (Wildman–Crippen LogP) is 17.4. The minimum atomic E-state index is 1.10. The molecule has 0 radical (unpaired) electrons. The van der Waals surface area contributed by atoms with Crippen molar-refractivity contribution in [3.8, 4) is 27.9 Å². The summed E-state index contributed by atoms with van der Waals surface area (Å²) in [4.78, 5) is 2.40. The Labute approximate surface area is 368 Å². The molecule has 0 aliphatic heterocycles. The average Bonchev–Trinajstić information content (AvgIpc) is 3.91. The predicted molar refractivity (Wildman–Crippen MR) is 272 cm³/mol. The van der Waals surface area contributed by atoms with E-state index in [4.69, 9.17) is 0 Å². The highest BCUT2D eigenvalue weighted by atomic mass is 32.1. The topological polar surface area (TPSA) is 8.17 Å². The number of fused-ring (bicyclic) bond motifs is 11. The van der Waals surface area contributed by atoms with Crippen LogP contribution in [-0.4, -0.2) is 4.57 Å². The number of para-hydroxylation sites is 1. The molecular weight excluding hydrogens is 781 g/mol. The third-order valence-corrected chi connectivity index (χ3v) is 14.2. The summed E-state index contributed by atoms with van der Waals surface area (Å²) in [5.74, 6) is 0. The van der Waals surface area contributed by atoms with Gasteiger partial charge in [0.2, 0.25) is 0 Å². The third-order valence-electron chi connectivity index (χ3n) is 13.0. The van der Waals surface area contributed by atoms with Crippen LogP contribution in [0, 0.1) is 0 Å². The van der Waals surface area contributed by atoms with Gasteiger partial charge in [-0.25, -0.2) is 0 Å². The van der Waals surface area contributed by atoms with Gasteiger partial charge in [0.1, 0.15) is 0 Å². The zero-order chi connectivity index (χ0) is 41.4. The molecule has 0 unspecified atom stereocenters. The lowest BCUT2D eigenvalue weighted by Crippen LogP contribution is -2.09. The van der Waals surface area contributed by atoms with Gasteiger partial charge in [0, 0.05) is 59.1 Å². The molecule has 294 valence electrons. The number of thiophene rings is 1. The van der Waals surface area contributed by atoms with E-state index in [1.54, 1.807) is 0 Å². The molecular formula is C60H38N2S. The van der Waals surface area contributed by atoms with Crippen LogP contribution in [0.3, 0.4) is 0 Å². The highest BCUT2D eigenvalue weighted by Gasteiger charge is 2.19. The smallest absolute Gasteiger partial charge is 0.0619 e. The number of hydrogen-bond donors (Lipinski definition) is 0. The molecule has 0 bridgehead atoms. The highest BCUT2D eigenvalue weighted by Crippen LogP contribution is 2.43. The standard InChI is InChI=1S/C60H38N2S/c1-2-13-45(14-3-1)62-57-37-44(29-35-52(57)54-36-28-41-12-5-7-16-50(41)59(54)62)39-23-30-46(31-24-39)61(48-34-27-43-22-21-40-11-4-6-15-49(40)56(43)38-48)47-32-25-42(26-33-47)51-18-10-19-55-53-17-8-9-20-58(53)63-60(51)55/h1-38H. The van der Waals surface area contributed by atoms with Gasteiger partial charge in [-0.2, -0.15) is 0 Å². The van der Waals surface area contributed by atoms with Crippen molar-refractivity contribution in [3.05, 3.63) is 231 Å². The monoisotopic (exact) mass is 818 g/mol. The van der Waals surface area contributed by atoms with E-state index in [0.717, 1.165) is 22.7 Å². The minimum Gasteiger partial charge on any atom is -0.310 e. The first-order valence-electron chi connectivity index (χ1n) is 21.6. The van der Waals surface area contributed by atoms with Crippen LogP contribution < -0.4 is 4.90 Å². The molecule has 0 aliphatic carbocycles. The van der Waals surface area contributed by atoms with E-state index in [2.05, 4.69) is 240 Å². The van der Waals surface area contributed by atoms with Gasteiger partial charge in [-0.15, -0.1) is 11.3 Å². The number of rotatable bonds is 6. The van der Waals surface area contributed by atoms with Gasteiger partial charge in [0.05, 0.1) is 11.0 Å². The van der Waals surface area contributed by atoms with Gasteiger partial charge in [0.25, 0.3) is 0 Å². The van der Waals surface area contributed by atoms with Gasteiger partial charge in [-0.05, 0) is 110 Å². The zero-order valence-corrected chi connectivity index (χ0v) is 35.1. The summed E-state index contributed by atoms with van der Waals surface area (Å²) < 4.78 is 5.10. The van der Waals surface area contributed by atoms with E-state index >= 15 is 0 Å². The number of nitrogens with zero attached hydrogens (tertiary/aromatic N) is 2. The summed E-state index contributed by atoms with van der Waals surface area (Å²) in [5.41, 5.74) is 11.8.